The first-order chi connectivity index (χ1) is 14.5. The first-order valence-corrected chi connectivity index (χ1v) is 11.7. The lowest BCUT2D eigenvalue weighted by Crippen LogP contribution is -2.52. The summed E-state index contributed by atoms with van der Waals surface area (Å²) < 4.78 is 12.3. The molecule has 0 radical (unpaired) electrons. The van der Waals surface area contributed by atoms with Crippen LogP contribution in [0.1, 0.15) is 36.8 Å². The van der Waals surface area contributed by atoms with Crippen molar-refractivity contribution in [2.75, 3.05) is 33.0 Å². The highest BCUT2D eigenvalue weighted by Crippen LogP contribution is 2.38. The second-order valence-corrected chi connectivity index (χ2v) is 9.64. The summed E-state index contributed by atoms with van der Waals surface area (Å²) in [5.41, 5.74) is 1.48. The Labute approximate surface area is 191 Å². The molecule has 1 N–H and O–H groups in total. The van der Waals surface area contributed by atoms with Crippen LogP contribution in [-0.4, -0.2) is 38.9 Å². The molecule has 6 heteroatoms. The van der Waals surface area contributed by atoms with Gasteiger partial charge >= 0.3 is 0 Å². The topological polar surface area (TPSA) is 47.6 Å². The molecule has 1 amide bonds. The molecule has 2 fully saturated rings. The Morgan fingerprint density at radius 3 is 2.23 bits per heavy atom. The number of halogens is 2. The number of carbonyl (C=O) groups excluding carboxylic acids is 1. The second kappa shape index (κ2) is 9.39. The van der Waals surface area contributed by atoms with Gasteiger partial charge in [0.1, 0.15) is 0 Å². The molecule has 30 heavy (non-hydrogen) atoms. The minimum Gasteiger partial charge on any atom is -0.381 e. The fourth-order valence-electron chi connectivity index (χ4n) is 4.72. The van der Waals surface area contributed by atoms with E-state index in [9.17, 15) is 4.79 Å². The maximum absolute atomic E-state index is 13.7. The lowest BCUT2D eigenvalue weighted by atomic mass is 9.71. The summed E-state index contributed by atoms with van der Waals surface area (Å²) in [6.07, 6.45) is 3.09. The van der Waals surface area contributed by atoms with Gasteiger partial charge in [0.2, 0.25) is 5.91 Å². The number of rotatable bonds is 5. The number of hydrogen-bond donors (Lipinski definition) is 1. The van der Waals surface area contributed by atoms with Gasteiger partial charge in [0.15, 0.2) is 0 Å². The van der Waals surface area contributed by atoms with E-state index in [-0.39, 0.29) is 11.3 Å². The van der Waals surface area contributed by atoms with Crippen molar-refractivity contribution in [1.29, 1.82) is 0 Å². The lowest BCUT2D eigenvalue weighted by Gasteiger charge is -2.41. The first kappa shape index (κ1) is 21.8. The number of hydrogen-bond acceptors (Lipinski definition) is 3. The summed E-state index contributed by atoms with van der Waals surface area (Å²) in [6.45, 7) is 3.15. The standard InChI is InChI=1S/C24H27BrClNO3/c25-20-5-1-3-18(15-20)23(7-11-29-12-8-23)17-27-22(28)24(9-13-30-14-10-24)19-4-2-6-21(26)16-19/h1-6,15-16H,7-14,17H2,(H,27,28). The minimum atomic E-state index is -0.604. The zero-order valence-electron chi connectivity index (χ0n) is 17.0. The van der Waals surface area contributed by atoms with Crippen LogP contribution >= 0.6 is 27.5 Å². The van der Waals surface area contributed by atoms with E-state index < -0.39 is 5.41 Å². The third kappa shape index (κ3) is 4.45. The Hall–Kier alpha value is -1.40. The predicted octanol–water partition coefficient (Wildman–Crippen LogP) is 5.02. The zero-order chi connectivity index (χ0) is 21.0. The van der Waals surface area contributed by atoms with E-state index in [0.29, 0.717) is 50.8 Å². The van der Waals surface area contributed by atoms with Gasteiger partial charge in [-0.15, -0.1) is 0 Å². The summed E-state index contributed by atoms with van der Waals surface area (Å²) in [5, 5.41) is 3.99. The highest BCUT2D eigenvalue weighted by Gasteiger charge is 2.43. The molecule has 2 aliphatic rings. The molecular weight excluding hydrogens is 466 g/mol. The van der Waals surface area contributed by atoms with Crippen LogP contribution in [0.4, 0.5) is 0 Å². The third-order valence-corrected chi connectivity index (χ3v) is 7.36. The molecule has 0 spiro atoms. The van der Waals surface area contributed by atoms with Crippen LogP contribution in [0, 0.1) is 0 Å². The van der Waals surface area contributed by atoms with E-state index in [4.69, 9.17) is 21.1 Å². The number of ether oxygens (including phenoxy) is 2. The van der Waals surface area contributed by atoms with Crippen molar-refractivity contribution < 1.29 is 14.3 Å². The molecule has 0 atom stereocenters. The smallest absolute Gasteiger partial charge is 0.230 e. The molecule has 2 saturated heterocycles. The number of nitrogens with one attached hydrogen (secondary N) is 1. The Morgan fingerprint density at radius 2 is 1.57 bits per heavy atom. The monoisotopic (exact) mass is 491 g/mol. The van der Waals surface area contributed by atoms with Gasteiger partial charge in [-0.2, -0.15) is 0 Å². The fraction of sp³-hybridized carbons (Fsp3) is 0.458. The fourth-order valence-corrected chi connectivity index (χ4v) is 5.31. The van der Waals surface area contributed by atoms with Gasteiger partial charge in [-0.1, -0.05) is 51.8 Å². The van der Waals surface area contributed by atoms with Gasteiger partial charge in [0.05, 0.1) is 5.41 Å². The molecule has 0 bridgehead atoms. The number of benzene rings is 2. The van der Waals surface area contributed by atoms with Gasteiger partial charge in [-0.3, -0.25) is 4.79 Å². The Kier molecular flexibility index (Phi) is 6.83. The van der Waals surface area contributed by atoms with Crippen molar-refractivity contribution in [3.8, 4) is 0 Å². The first-order valence-electron chi connectivity index (χ1n) is 10.5. The van der Waals surface area contributed by atoms with Gasteiger partial charge in [-0.25, -0.2) is 0 Å². The SMILES string of the molecule is O=C(NCC1(c2cccc(Br)c2)CCOCC1)C1(c2cccc(Cl)c2)CCOCC1. The average molecular weight is 493 g/mol. The van der Waals surface area contributed by atoms with E-state index in [1.807, 2.05) is 30.3 Å². The van der Waals surface area contributed by atoms with Crippen LogP contribution in [0.25, 0.3) is 0 Å². The quantitative estimate of drug-likeness (QED) is 0.638. The Bertz CT molecular complexity index is 892. The van der Waals surface area contributed by atoms with Gasteiger partial charge in [0.25, 0.3) is 0 Å². The highest BCUT2D eigenvalue weighted by atomic mass is 79.9. The van der Waals surface area contributed by atoms with Gasteiger partial charge in [0, 0.05) is 47.9 Å². The molecule has 0 aliphatic carbocycles. The molecule has 2 aliphatic heterocycles. The normalized spacial score (nSPS) is 20.5. The predicted molar refractivity (Wildman–Crippen MR) is 122 cm³/mol. The van der Waals surface area contributed by atoms with Crippen molar-refractivity contribution >= 4 is 33.4 Å². The van der Waals surface area contributed by atoms with E-state index >= 15 is 0 Å². The van der Waals surface area contributed by atoms with Gasteiger partial charge in [-0.05, 0) is 61.1 Å². The molecule has 0 unspecified atom stereocenters. The summed E-state index contributed by atoms with van der Waals surface area (Å²) in [7, 11) is 0. The number of amides is 1. The van der Waals surface area contributed by atoms with E-state index in [0.717, 1.165) is 22.9 Å². The highest BCUT2D eigenvalue weighted by molar-refractivity contribution is 9.10. The summed E-state index contributed by atoms with van der Waals surface area (Å²) >= 11 is 9.86. The Balaban J connectivity index is 1.60. The summed E-state index contributed by atoms with van der Waals surface area (Å²) in [6, 6.07) is 16.1. The zero-order valence-corrected chi connectivity index (χ0v) is 19.3. The van der Waals surface area contributed by atoms with Crippen LogP contribution in [0.15, 0.2) is 53.0 Å². The molecule has 4 rings (SSSR count). The van der Waals surface area contributed by atoms with Crippen molar-refractivity contribution in [2.45, 2.75) is 36.5 Å². The summed E-state index contributed by atoms with van der Waals surface area (Å²) in [5.74, 6) is 0.0638. The van der Waals surface area contributed by atoms with Crippen molar-refractivity contribution in [2.24, 2.45) is 0 Å². The van der Waals surface area contributed by atoms with Crippen LogP contribution in [0.3, 0.4) is 0 Å². The summed E-state index contributed by atoms with van der Waals surface area (Å²) in [4.78, 5) is 13.7. The van der Waals surface area contributed by atoms with Crippen LogP contribution < -0.4 is 5.32 Å². The molecule has 160 valence electrons. The molecule has 0 aromatic heterocycles. The molecule has 2 heterocycles. The third-order valence-electron chi connectivity index (χ3n) is 6.63. The molecule has 2 aromatic rings. The van der Waals surface area contributed by atoms with Crippen LogP contribution in [-0.2, 0) is 25.1 Å². The van der Waals surface area contributed by atoms with Gasteiger partial charge < -0.3 is 14.8 Å². The maximum atomic E-state index is 13.7. The second-order valence-electron chi connectivity index (χ2n) is 8.29. The largest absolute Gasteiger partial charge is 0.381 e. The average Bonchev–Trinajstić information content (AvgIpc) is 2.78. The molecule has 0 saturated carbocycles. The number of carbonyl (C=O) groups is 1. The molecular formula is C24H27BrClNO3. The van der Waals surface area contributed by atoms with E-state index in [1.54, 1.807) is 0 Å². The van der Waals surface area contributed by atoms with Crippen molar-refractivity contribution in [3.63, 3.8) is 0 Å². The minimum absolute atomic E-state index is 0.0638. The van der Waals surface area contributed by atoms with Crippen LogP contribution in [0.5, 0.6) is 0 Å². The molecule has 4 nitrogen and oxygen atoms in total. The van der Waals surface area contributed by atoms with E-state index in [2.05, 4.69) is 39.4 Å². The van der Waals surface area contributed by atoms with E-state index in [1.165, 1.54) is 5.56 Å². The Morgan fingerprint density at radius 1 is 0.933 bits per heavy atom. The molecule has 2 aromatic carbocycles. The van der Waals surface area contributed by atoms with Crippen molar-refractivity contribution in [1.82, 2.24) is 5.32 Å². The van der Waals surface area contributed by atoms with Crippen LogP contribution in [0.2, 0.25) is 5.02 Å². The van der Waals surface area contributed by atoms with Crippen molar-refractivity contribution in [3.05, 3.63) is 69.2 Å². The maximum Gasteiger partial charge on any atom is 0.230 e. The lowest BCUT2D eigenvalue weighted by molar-refractivity contribution is -0.131.